The highest BCUT2D eigenvalue weighted by Gasteiger charge is 2.05. The normalized spacial score (nSPS) is 9.73. The van der Waals surface area contributed by atoms with Gasteiger partial charge in [-0.15, -0.1) is 0 Å². The van der Waals surface area contributed by atoms with Crippen LogP contribution in [0.5, 0.6) is 0 Å². The molecule has 0 spiro atoms. The first-order valence-corrected chi connectivity index (χ1v) is 4.72. The van der Waals surface area contributed by atoms with E-state index in [1.54, 1.807) is 12.1 Å². The van der Waals surface area contributed by atoms with Crippen LogP contribution in [0.2, 0.25) is 5.02 Å². The predicted octanol–water partition coefficient (Wildman–Crippen LogP) is 3.68. The van der Waals surface area contributed by atoms with Crippen LogP contribution in [0.25, 0.3) is 0 Å². The summed E-state index contributed by atoms with van der Waals surface area (Å²) in [5.41, 5.74) is 0.554. The van der Waals surface area contributed by atoms with Crippen molar-refractivity contribution < 1.29 is 4.79 Å². The second-order valence-corrected chi connectivity index (χ2v) is 3.91. The molecule has 0 N–H and O–H groups in total. The Labute approximate surface area is 86.0 Å². The number of carbonyl (C=O) groups is 1. The van der Waals surface area contributed by atoms with E-state index in [0.29, 0.717) is 15.1 Å². The minimum Gasteiger partial charge on any atom is -0.298 e. The highest BCUT2D eigenvalue weighted by Crippen LogP contribution is 2.32. The molecule has 0 atom stereocenters. The van der Waals surface area contributed by atoms with E-state index in [4.69, 9.17) is 11.6 Å². The van der Waals surface area contributed by atoms with E-state index in [0.717, 1.165) is 10.8 Å². The van der Waals surface area contributed by atoms with Crippen molar-refractivity contribution in [2.24, 2.45) is 0 Å². The molecule has 58 valence electrons. The molecule has 1 nitrogen and oxygen atoms in total. The van der Waals surface area contributed by atoms with E-state index in [9.17, 15) is 4.79 Å². The molecule has 1 aromatic carbocycles. The summed E-state index contributed by atoms with van der Waals surface area (Å²) in [6.45, 7) is 0. The average molecular weight is 298 g/mol. The van der Waals surface area contributed by atoms with E-state index in [1.807, 2.05) is 0 Å². The van der Waals surface area contributed by atoms with Gasteiger partial charge in [0.1, 0.15) is 0 Å². The Morgan fingerprint density at radius 2 is 2.00 bits per heavy atom. The summed E-state index contributed by atoms with van der Waals surface area (Å²) in [6.07, 6.45) is 0.752. The second kappa shape index (κ2) is 3.70. The zero-order valence-electron chi connectivity index (χ0n) is 5.27. The molecule has 0 unspecified atom stereocenters. The van der Waals surface area contributed by atoms with Gasteiger partial charge < -0.3 is 0 Å². The summed E-state index contributed by atoms with van der Waals surface area (Å²) < 4.78 is 1.40. The first-order chi connectivity index (χ1) is 5.16. The standard InChI is InChI=1S/C7H3Br2ClO/c8-5-2-1-4(3-11)6(9)7(5)10/h1-3H. The van der Waals surface area contributed by atoms with Crippen molar-refractivity contribution in [3.05, 3.63) is 31.7 Å². The zero-order chi connectivity index (χ0) is 8.43. The summed E-state index contributed by atoms with van der Waals surface area (Å²) in [5, 5.41) is 0.523. The van der Waals surface area contributed by atoms with Crippen LogP contribution in [0.4, 0.5) is 0 Å². The average Bonchev–Trinajstić information content (AvgIpc) is 2.01. The maximum Gasteiger partial charge on any atom is 0.151 e. The number of rotatable bonds is 1. The van der Waals surface area contributed by atoms with Gasteiger partial charge in [-0.1, -0.05) is 11.6 Å². The molecule has 0 fully saturated rings. The van der Waals surface area contributed by atoms with Crippen LogP contribution in [0.3, 0.4) is 0 Å². The second-order valence-electron chi connectivity index (χ2n) is 1.88. The quantitative estimate of drug-likeness (QED) is 0.571. The lowest BCUT2D eigenvalue weighted by Gasteiger charge is -2.00. The summed E-state index contributed by atoms with van der Waals surface area (Å²) in [7, 11) is 0. The van der Waals surface area contributed by atoms with E-state index in [2.05, 4.69) is 31.9 Å². The Bertz CT molecular complexity index is 299. The monoisotopic (exact) mass is 296 g/mol. The number of aldehydes is 1. The molecule has 0 radical (unpaired) electrons. The molecule has 1 rings (SSSR count). The third-order valence-electron chi connectivity index (χ3n) is 1.19. The minimum atomic E-state index is 0.523. The fourth-order valence-corrected chi connectivity index (χ4v) is 1.84. The fourth-order valence-electron chi connectivity index (χ4n) is 0.632. The van der Waals surface area contributed by atoms with E-state index in [1.165, 1.54) is 0 Å². The Hall–Kier alpha value is 0.140. The third kappa shape index (κ3) is 1.83. The SMILES string of the molecule is O=Cc1ccc(Br)c(Cl)c1Br. The van der Waals surface area contributed by atoms with Crippen LogP contribution in [0, 0.1) is 0 Å². The van der Waals surface area contributed by atoms with Gasteiger partial charge in [0.15, 0.2) is 6.29 Å². The number of benzene rings is 1. The van der Waals surface area contributed by atoms with Crippen molar-refractivity contribution in [2.75, 3.05) is 0 Å². The molecule has 0 aliphatic rings. The molecule has 11 heavy (non-hydrogen) atoms. The summed E-state index contributed by atoms with van der Waals surface area (Å²) in [5.74, 6) is 0. The van der Waals surface area contributed by atoms with Gasteiger partial charge in [-0.2, -0.15) is 0 Å². The van der Waals surface area contributed by atoms with Crippen molar-refractivity contribution in [2.45, 2.75) is 0 Å². The third-order valence-corrected chi connectivity index (χ3v) is 3.56. The van der Waals surface area contributed by atoms with Crippen molar-refractivity contribution in [1.82, 2.24) is 0 Å². The van der Waals surface area contributed by atoms with Gasteiger partial charge in [0.25, 0.3) is 0 Å². The van der Waals surface area contributed by atoms with Gasteiger partial charge in [0.05, 0.1) is 5.02 Å². The smallest absolute Gasteiger partial charge is 0.151 e. The van der Waals surface area contributed by atoms with E-state index < -0.39 is 0 Å². The molecule has 4 heteroatoms. The van der Waals surface area contributed by atoms with Gasteiger partial charge in [0, 0.05) is 14.5 Å². The zero-order valence-corrected chi connectivity index (χ0v) is 9.20. The summed E-state index contributed by atoms with van der Waals surface area (Å²) >= 11 is 12.2. The van der Waals surface area contributed by atoms with E-state index in [-0.39, 0.29) is 0 Å². The van der Waals surface area contributed by atoms with Gasteiger partial charge in [-0.3, -0.25) is 4.79 Å². The predicted molar refractivity (Wildman–Crippen MR) is 52.2 cm³/mol. The van der Waals surface area contributed by atoms with Crippen LogP contribution in [-0.2, 0) is 0 Å². The van der Waals surface area contributed by atoms with Gasteiger partial charge in [0.2, 0.25) is 0 Å². The number of carbonyl (C=O) groups excluding carboxylic acids is 1. The minimum absolute atomic E-state index is 0.523. The van der Waals surface area contributed by atoms with Crippen LogP contribution in [0.1, 0.15) is 10.4 Å². The van der Waals surface area contributed by atoms with Crippen molar-refractivity contribution in [1.29, 1.82) is 0 Å². The number of hydrogen-bond acceptors (Lipinski definition) is 1. The molecule has 0 aliphatic heterocycles. The lowest BCUT2D eigenvalue weighted by atomic mass is 10.2. The van der Waals surface area contributed by atoms with Crippen molar-refractivity contribution in [3.8, 4) is 0 Å². The van der Waals surface area contributed by atoms with Gasteiger partial charge in [-0.05, 0) is 44.0 Å². The lowest BCUT2D eigenvalue weighted by Crippen LogP contribution is -1.83. The molecular weight excluding hydrogens is 295 g/mol. The molecule has 0 amide bonds. The molecule has 0 bridgehead atoms. The molecular formula is C7H3Br2ClO. The largest absolute Gasteiger partial charge is 0.298 e. The lowest BCUT2D eigenvalue weighted by molar-refractivity contribution is 0.112. The Balaban J connectivity index is 3.36. The summed E-state index contributed by atoms with van der Waals surface area (Å²) in [6, 6.07) is 3.42. The number of hydrogen-bond donors (Lipinski definition) is 0. The Kier molecular flexibility index (Phi) is 3.10. The molecule has 1 aromatic rings. The van der Waals surface area contributed by atoms with Crippen LogP contribution >= 0.6 is 43.5 Å². The molecule has 0 heterocycles. The topological polar surface area (TPSA) is 17.1 Å². The molecule has 0 aliphatic carbocycles. The molecule has 0 aromatic heterocycles. The molecule has 0 saturated carbocycles. The van der Waals surface area contributed by atoms with Crippen LogP contribution in [0.15, 0.2) is 21.1 Å². The maximum atomic E-state index is 10.4. The first-order valence-electron chi connectivity index (χ1n) is 2.75. The maximum absolute atomic E-state index is 10.4. The highest BCUT2D eigenvalue weighted by molar-refractivity contribution is 9.11. The van der Waals surface area contributed by atoms with Crippen LogP contribution < -0.4 is 0 Å². The fraction of sp³-hybridized carbons (Fsp3) is 0. The summed E-state index contributed by atoms with van der Waals surface area (Å²) in [4.78, 5) is 10.4. The Morgan fingerprint density at radius 3 is 2.55 bits per heavy atom. The van der Waals surface area contributed by atoms with E-state index >= 15 is 0 Å². The van der Waals surface area contributed by atoms with Gasteiger partial charge in [-0.25, -0.2) is 0 Å². The highest BCUT2D eigenvalue weighted by atomic mass is 79.9. The Morgan fingerprint density at radius 1 is 1.36 bits per heavy atom. The first kappa shape index (κ1) is 9.23. The van der Waals surface area contributed by atoms with Gasteiger partial charge >= 0.3 is 0 Å². The van der Waals surface area contributed by atoms with Crippen LogP contribution in [-0.4, -0.2) is 6.29 Å². The van der Waals surface area contributed by atoms with Crippen molar-refractivity contribution >= 4 is 49.7 Å². The number of halogens is 3. The molecule has 0 saturated heterocycles. The van der Waals surface area contributed by atoms with Crippen molar-refractivity contribution in [3.63, 3.8) is 0 Å².